The molecule has 0 aromatic rings. The Morgan fingerprint density at radius 2 is 2.06 bits per heavy atom. The van der Waals surface area contributed by atoms with Gasteiger partial charge in [-0.3, -0.25) is 4.79 Å². The highest BCUT2D eigenvalue weighted by Gasteiger charge is 2.20. The van der Waals surface area contributed by atoms with Gasteiger partial charge in [0.1, 0.15) is 6.61 Å². The molecule has 0 aliphatic carbocycles. The molecule has 1 heterocycles. The maximum Gasteiger partial charge on any atom is 0.261 e. The van der Waals surface area contributed by atoms with Crippen molar-refractivity contribution in [2.75, 3.05) is 26.3 Å². The Morgan fingerprint density at radius 1 is 1.44 bits per heavy atom. The lowest BCUT2D eigenvalue weighted by molar-refractivity contribution is -0.133. The minimum atomic E-state index is -2.46. The summed E-state index contributed by atoms with van der Waals surface area (Å²) >= 11 is 3.50. The second-order valence-electron chi connectivity index (χ2n) is 3.77. The summed E-state index contributed by atoms with van der Waals surface area (Å²) in [4.78, 5) is 13.9. The first kappa shape index (κ1) is 13.8. The summed E-state index contributed by atoms with van der Waals surface area (Å²) < 4.78 is 28.1. The molecule has 94 valence electrons. The van der Waals surface area contributed by atoms with Crippen LogP contribution in [0.1, 0.15) is 19.3 Å². The number of halogens is 3. The summed E-state index contributed by atoms with van der Waals surface area (Å²) in [5, 5.41) is 0. The zero-order valence-electron chi connectivity index (χ0n) is 9.00. The molecule has 0 N–H and O–H groups in total. The average Bonchev–Trinajstić information content (AvgIpc) is 2.25. The Morgan fingerprint density at radius 3 is 2.62 bits per heavy atom. The lowest BCUT2D eigenvalue weighted by Gasteiger charge is -2.29. The van der Waals surface area contributed by atoms with Crippen LogP contribution in [0.3, 0.4) is 0 Å². The molecule has 0 aromatic carbocycles. The van der Waals surface area contributed by atoms with E-state index in [0.29, 0.717) is 4.83 Å². The van der Waals surface area contributed by atoms with E-state index in [4.69, 9.17) is 0 Å². The number of likely N-dealkylation sites (tertiary alicyclic amines) is 1. The summed E-state index contributed by atoms with van der Waals surface area (Å²) in [6.45, 7) is 0.974. The van der Waals surface area contributed by atoms with E-state index in [0.717, 1.165) is 25.9 Å². The van der Waals surface area contributed by atoms with Crippen LogP contribution in [0.25, 0.3) is 0 Å². The van der Waals surface area contributed by atoms with Crippen molar-refractivity contribution in [3.05, 3.63) is 0 Å². The molecule has 0 unspecified atom stereocenters. The predicted molar refractivity (Wildman–Crippen MR) is 60.0 cm³/mol. The van der Waals surface area contributed by atoms with Gasteiger partial charge in [-0.25, -0.2) is 8.78 Å². The highest BCUT2D eigenvalue weighted by molar-refractivity contribution is 9.09. The summed E-state index contributed by atoms with van der Waals surface area (Å²) in [6, 6.07) is 0. The van der Waals surface area contributed by atoms with E-state index in [1.165, 1.54) is 0 Å². The molecule has 3 nitrogen and oxygen atoms in total. The standard InChI is InChI=1S/C10H16BrF2NO2/c11-8-1-4-14(5-2-8)10(15)3-6-16-7-9(12)13/h8-9H,1-7H2. The summed E-state index contributed by atoms with van der Waals surface area (Å²) in [5.41, 5.74) is 0. The van der Waals surface area contributed by atoms with Crippen LogP contribution in [0.4, 0.5) is 8.78 Å². The van der Waals surface area contributed by atoms with Gasteiger partial charge in [0.25, 0.3) is 6.43 Å². The molecule has 1 aliphatic rings. The maximum absolute atomic E-state index is 11.7. The molecule has 0 atom stereocenters. The summed E-state index contributed by atoms with van der Waals surface area (Å²) in [7, 11) is 0. The van der Waals surface area contributed by atoms with Crippen LogP contribution in [0, 0.1) is 0 Å². The lowest BCUT2D eigenvalue weighted by Crippen LogP contribution is -2.39. The zero-order chi connectivity index (χ0) is 12.0. The van der Waals surface area contributed by atoms with Gasteiger partial charge < -0.3 is 9.64 Å². The Labute approximate surface area is 102 Å². The van der Waals surface area contributed by atoms with Crippen molar-refractivity contribution in [3.8, 4) is 0 Å². The van der Waals surface area contributed by atoms with E-state index in [-0.39, 0.29) is 18.9 Å². The largest absolute Gasteiger partial charge is 0.375 e. The maximum atomic E-state index is 11.7. The number of hydrogen-bond acceptors (Lipinski definition) is 2. The lowest BCUT2D eigenvalue weighted by atomic mass is 10.1. The van der Waals surface area contributed by atoms with Crippen LogP contribution >= 0.6 is 15.9 Å². The fourth-order valence-electron chi connectivity index (χ4n) is 1.59. The number of alkyl halides is 3. The van der Waals surface area contributed by atoms with E-state index >= 15 is 0 Å². The van der Waals surface area contributed by atoms with Crippen molar-refractivity contribution >= 4 is 21.8 Å². The smallest absolute Gasteiger partial charge is 0.261 e. The number of carbonyl (C=O) groups is 1. The van der Waals surface area contributed by atoms with E-state index in [9.17, 15) is 13.6 Å². The van der Waals surface area contributed by atoms with Crippen molar-refractivity contribution in [1.29, 1.82) is 0 Å². The minimum absolute atomic E-state index is 0.00586. The number of piperidine rings is 1. The van der Waals surface area contributed by atoms with Gasteiger partial charge in [0.05, 0.1) is 13.0 Å². The van der Waals surface area contributed by atoms with Gasteiger partial charge in [0, 0.05) is 17.9 Å². The Hall–Kier alpha value is -0.230. The second kappa shape index (κ2) is 7.17. The van der Waals surface area contributed by atoms with E-state index < -0.39 is 13.0 Å². The van der Waals surface area contributed by atoms with Crippen molar-refractivity contribution in [2.45, 2.75) is 30.5 Å². The Balaban J connectivity index is 2.10. The molecule has 0 radical (unpaired) electrons. The van der Waals surface area contributed by atoms with Gasteiger partial charge >= 0.3 is 0 Å². The molecule has 1 fully saturated rings. The first-order chi connectivity index (χ1) is 7.59. The van der Waals surface area contributed by atoms with Gasteiger partial charge in [0.15, 0.2) is 0 Å². The van der Waals surface area contributed by atoms with Crippen LogP contribution in [0.2, 0.25) is 0 Å². The molecule has 0 spiro atoms. The molecule has 1 amide bonds. The molecule has 1 saturated heterocycles. The molecule has 0 aromatic heterocycles. The first-order valence-corrected chi connectivity index (χ1v) is 6.29. The normalized spacial score (nSPS) is 18.1. The number of amides is 1. The van der Waals surface area contributed by atoms with E-state index in [2.05, 4.69) is 20.7 Å². The van der Waals surface area contributed by atoms with Crippen molar-refractivity contribution in [3.63, 3.8) is 0 Å². The molecule has 6 heteroatoms. The molecule has 0 bridgehead atoms. The van der Waals surface area contributed by atoms with Crippen LogP contribution in [0.15, 0.2) is 0 Å². The van der Waals surface area contributed by atoms with Crippen molar-refractivity contribution in [2.24, 2.45) is 0 Å². The molecule has 1 rings (SSSR count). The third-order valence-corrected chi connectivity index (χ3v) is 3.40. The highest BCUT2D eigenvalue weighted by atomic mass is 79.9. The molecule has 0 saturated carbocycles. The van der Waals surface area contributed by atoms with Gasteiger partial charge in [-0.05, 0) is 12.8 Å². The molecule has 1 aliphatic heterocycles. The number of rotatable bonds is 5. The van der Waals surface area contributed by atoms with Crippen LogP contribution < -0.4 is 0 Å². The third kappa shape index (κ3) is 5.21. The fourth-order valence-corrected chi connectivity index (χ4v) is 2.00. The van der Waals surface area contributed by atoms with Crippen molar-refractivity contribution in [1.82, 2.24) is 4.90 Å². The second-order valence-corrected chi connectivity index (χ2v) is 5.07. The van der Waals surface area contributed by atoms with E-state index in [1.807, 2.05) is 0 Å². The number of hydrogen-bond donors (Lipinski definition) is 0. The van der Waals surface area contributed by atoms with Gasteiger partial charge in [0.2, 0.25) is 5.91 Å². The number of nitrogens with zero attached hydrogens (tertiary/aromatic N) is 1. The molecular formula is C10H16BrF2NO2. The SMILES string of the molecule is O=C(CCOCC(F)F)N1CCC(Br)CC1. The first-order valence-electron chi connectivity index (χ1n) is 5.37. The Bertz CT molecular complexity index is 221. The van der Waals surface area contributed by atoms with E-state index in [1.54, 1.807) is 4.90 Å². The van der Waals surface area contributed by atoms with Crippen LogP contribution in [0.5, 0.6) is 0 Å². The fraction of sp³-hybridized carbons (Fsp3) is 0.900. The molecular weight excluding hydrogens is 284 g/mol. The number of ether oxygens (including phenoxy) is 1. The zero-order valence-corrected chi connectivity index (χ0v) is 10.6. The van der Waals surface area contributed by atoms with Crippen molar-refractivity contribution < 1.29 is 18.3 Å². The summed E-state index contributed by atoms with van der Waals surface area (Å²) in [6.07, 6.45) is -0.369. The number of carbonyl (C=O) groups excluding carboxylic acids is 1. The van der Waals surface area contributed by atoms with Gasteiger partial charge in [-0.1, -0.05) is 15.9 Å². The quantitative estimate of drug-likeness (QED) is 0.574. The van der Waals surface area contributed by atoms with Crippen LogP contribution in [-0.4, -0.2) is 48.4 Å². The third-order valence-electron chi connectivity index (χ3n) is 2.48. The van der Waals surface area contributed by atoms with Gasteiger partial charge in [-0.2, -0.15) is 0 Å². The average molecular weight is 300 g/mol. The summed E-state index contributed by atoms with van der Waals surface area (Å²) in [5.74, 6) is -0.00586. The van der Waals surface area contributed by atoms with Gasteiger partial charge in [-0.15, -0.1) is 0 Å². The van der Waals surface area contributed by atoms with Crippen LogP contribution in [-0.2, 0) is 9.53 Å². The Kier molecular flexibility index (Phi) is 6.20. The minimum Gasteiger partial charge on any atom is -0.375 e. The topological polar surface area (TPSA) is 29.5 Å². The highest BCUT2D eigenvalue weighted by Crippen LogP contribution is 2.17. The monoisotopic (exact) mass is 299 g/mol. The predicted octanol–water partition coefficient (Wildman–Crippen LogP) is 2.04. The molecule has 16 heavy (non-hydrogen) atoms.